The Kier molecular flexibility index (Phi) is 9.14. The minimum Gasteiger partial charge on any atom is -0.348 e. The van der Waals surface area contributed by atoms with Crippen molar-refractivity contribution in [1.29, 1.82) is 0 Å². The van der Waals surface area contributed by atoms with E-state index < -0.39 is 28.9 Å². The zero-order chi connectivity index (χ0) is 32.2. The summed E-state index contributed by atoms with van der Waals surface area (Å²) in [6, 6.07) is 14.5. The van der Waals surface area contributed by atoms with Gasteiger partial charge in [0.15, 0.2) is 11.6 Å². The quantitative estimate of drug-likeness (QED) is 0.226. The van der Waals surface area contributed by atoms with Gasteiger partial charge in [-0.25, -0.2) is 27.8 Å². The number of carbonyl (C=O) groups excluding carboxylic acids is 1. The van der Waals surface area contributed by atoms with E-state index in [1.807, 2.05) is 38.4 Å². The van der Waals surface area contributed by atoms with Gasteiger partial charge in [0.25, 0.3) is 11.5 Å². The highest BCUT2D eigenvalue weighted by atomic mass is 19.2. The van der Waals surface area contributed by atoms with Crippen molar-refractivity contribution in [2.45, 2.75) is 20.0 Å². The van der Waals surface area contributed by atoms with Crippen LogP contribution in [0.2, 0.25) is 0 Å². The van der Waals surface area contributed by atoms with E-state index >= 15 is 4.39 Å². The SMILES string of the molecule is Cc1c(C(=O)NC/C=C/c2ccc3nc(Nc4ccc(CN(C)C)cc4)ncc3c2F)c(=O)n(Cc2ccc(F)c(F)c2)n1C. The Morgan fingerprint density at radius 3 is 2.44 bits per heavy atom. The molecule has 0 aliphatic rings. The number of fused-ring (bicyclic) bond motifs is 1. The Morgan fingerprint density at radius 2 is 1.73 bits per heavy atom. The van der Waals surface area contributed by atoms with Crippen LogP contribution in [0.3, 0.4) is 0 Å². The number of carbonyl (C=O) groups is 1. The third-order valence-corrected chi connectivity index (χ3v) is 7.32. The topological polar surface area (TPSA) is 97.1 Å². The molecular weight excluding hydrogens is 583 g/mol. The van der Waals surface area contributed by atoms with Crippen LogP contribution in [-0.2, 0) is 20.1 Å². The van der Waals surface area contributed by atoms with E-state index in [4.69, 9.17) is 0 Å². The van der Waals surface area contributed by atoms with E-state index in [0.29, 0.717) is 22.7 Å². The van der Waals surface area contributed by atoms with Crippen LogP contribution in [0.4, 0.5) is 24.8 Å². The second-order valence-electron chi connectivity index (χ2n) is 10.9. The smallest absolute Gasteiger partial charge is 0.280 e. The molecule has 0 radical (unpaired) electrons. The number of nitrogens with zero attached hydrogens (tertiary/aromatic N) is 5. The number of amides is 1. The van der Waals surface area contributed by atoms with Crippen molar-refractivity contribution >= 4 is 34.5 Å². The van der Waals surface area contributed by atoms with Gasteiger partial charge in [-0.05, 0) is 68.5 Å². The van der Waals surface area contributed by atoms with Crippen LogP contribution < -0.4 is 16.2 Å². The first kappa shape index (κ1) is 31.2. The van der Waals surface area contributed by atoms with E-state index in [0.717, 1.165) is 24.4 Å². The summed E-state index contributed by atoms with van der Waals surface area (Å²) in [5, 5.41) is 6.04. The van der Waals surface area contributed by atoms with Gasteiger partial charge in [-0.3, -0.25) is 14.3 Å². The predicted molar refractivity (Wildman–Crippen MR) is 168 cm³/mol. The van der Waals surface area contributed by atoms with Crippen LogP contribution >= 0.6 is 0 Å². The molecule has 0 saturated carbocycles. The lowest BCUT2D eigenvalue weighted by molar-refractivity contribution is 0.0956. The summed E-state index contributed by atoms with van der Waals surface area (Å²) < 4.78 is 45.0. The van der Waals surface area contributed by atoms with Gasteiger partial charge in [-0.2, -0.15) is 0 Å². The van der Waals surface area contributed by atoms with E-state index in [1.54, 1.807) is 32.2 Å². The zero-order valence-electron chi connectivity index (χ0n) is 25.2. The van der Waals surface area contributed by atoms with Crippen molar-refractivity contribution in [3.63, 3.8) is 0 Å². The highest BCUT2D eigenvalue weighted by molar-refractivity contribution is 5.95. The normalized spacial score (nSPS) is 11.6. The molecule has 0 bridgehead atoms. The fourth-order valence-corrected chi connectivity index (χ4v) is 4.90. The van der Waals surface area contributed by atoms with Crippen molar-refractivity contribution in [1.82, 2.24) is 29.5 Å². The van der Waals surface area contributed by atoms with E-state index in [9.17, 15) is 18.4 Å². The molecule has 0 spiro atoms. The van der Waals surface area contributed by atoms with E-state index in [1.165, 1.54) is 33.3 Å². The van der Waals surface area contributed by atoms with Crippen LogP contribution in [0.1, 0.15) is 32.7 Å². The van der Waals surface area contributed by atoms with Gasteiger partial charge in [0, 0.05) is 43.3 Å². The average molecular weight is 616 g/mol. The molecule has 1 amide bonds. The summed E-state index contributed by atoms with van der Waals surface area (Å²) in [7, 11) is 5.61. The molecule has 12 heteroatoms. The van der Waals surface area contributed by atoms with Crippen molar-refractivity contribution in [3.8, 4) is 0 Å². The minimum absolute atomic E-state index is 0.0277. The number of aromatic nitrogens is 4. The lowest BCUT2D eigenvalue weighted by atomic mass is 10.1. The molecule has 3 aromatic carbocycles. The number of halogens is 3. The molecule has 5 aromatic rings. The Balaban J connectivity index is 1.23. The van der Waals surface area contributed by atoms with Gasteiger partial charge in [-0.15, -0.1) is 0 Å². The molecule has 0 fully saturated rings. The fourth-order valence-electron chi connectivity index (χ4n) is 4.90. The molecule has 5 rings (SSSR count). The second kappa shape index (κ2) is 13.2. The van der Waals surface area contributed by atoms with Crippen LogP contribution in [0.25, 0.3) is 17.0 Å². The summed E-state index contributed by atoms with van der Waals surface area (Å²) in [5.41, 5.74) is 2.82. The Labute approximate surface area is 257 Å². The third-order valence-electron chi connectivity index (χ3n) is 7.32. The number of hydrogen-bond donors (Lipinski definition) is 2. The highest BCUT2D eigenvalue weighted by Crippen LogP contribution is 2.23. The molecule has 232 valence electrons. The van der Waals surface area contributed by atoms with Gasteiger partial charge < -0.3 is 15.5 Å². The highest BCUT2D eigenvalue weighted by Gasteiger charge is 2.21. The first-order valence-electron chi connectivity index (χ1n) is 14.1. The first-order valence-corrected chi connectivity index (χ1v) is 14.1. The molecule has 2 aromatic heterocycles. The van der Waals surface area contributed by atoms with Crippen LogP contribution in [0, 0.1) is 24.4 Å². The summed E-state index contributed by atoms with van der Waals surface area (Å²) in [4.78, 5) is 36.7. The number of hydrogen-bond acceptors (Lipinski definition) is 6. The van der Waals surface area contributed by atoms with Crippen LogP contribution in [-0.4, -0.2) is 50.8 Å². The lowest BCUT2D eigenvalue weighted by Crippen LogP contribution is -2.31. The number of anilines is 2. The standard InChI is InChI=1S/C33H32F3N7O2/c1-20-29(32(45)43(42(20)4)19-22-9-13-26(34)27(35)16-22)31(44)37-15-5-6-23-10-14-28-25(30(23)36)17-38-33(40-28)39-24-11-7-21(8-12-24)18-41(2)3/h5-14,16-17H,15,18-19H2,1-4H3,(H,37,44)(H,38,39,40)/b6-5+. The van der Waals surface area contributed by atoms with Gasteiger partial charge in [0.05, 0.1) is 17.4 Å². The molecule has 0 aliphatic heterocycles. The van der Waals surface area contributed by atoms with Gasteiger partial charge in [0.2, 0.25) is 5.95 Å². The first-order chi connectivity index (χ1) is 21.5. The fraction of sp³-hybridized carbons (Fsp3) is 0.212. The maximum absolute atomic E-state index is 15.3. The monoisotopic (exact) mass is 615 g/mol. The van der Waals surface area contributed by atoms with Crippen molar-refractivity contribution < 1.29 is 18.0 Å². The molecule has 9 nitrogen and oxygen atoms in total. The number of benzene rings is 3. The van der Waals surface area contributed by atoms with Crippen LogP contribution in [0.15, 0.2) is 71.7 Å². The van der Waals surface area contributed by atoms with Crippen molar-refractivity contribution in [2.24, 2.45) is 7.05 Å². The number of rotatable bonds is 10. The molecule has 0 atom stereocenters. The predicted octanol–water partition coefficient (Wildman–Crippen LogP) is 5.15. The second-order valence-corrected chi connectivity index (χ2v) is 10.9. The van der Waals surface area contributed by atoms with Gasteiger partial charge >= 0.3 is 0 Å². The Hall–Kier alpha value is -5.23. The van der Waals surface area contributed by atoms with Crippen molar-refractivity contribution in [3.05, 3.63) is 123 Å². The molecule has 45 heavy (non-hydrogen) atoms. The molecular formula is C33H32F3N7O2. The molecule has 0 aliphatic carbocycles. The van der Waals surface area contributed by atoms with E-state index in [2.05, 4.69) is 25.5 Å². The molecule has 0 saturated heterocycles. The molecule has 2 N–H and O–H groups in total. The largest absolute Gasteiger partial charge is 0.348 e. The van der Waals surface area contributed by atoms with Crippen LogP contribution in [0.5, 0.6) is 0 Å². The number of nitrogens with one attached hydrogen (secondary N) is 2. The molecule has 2 heterocycles. The average Bonchev–Trinajstić information content (AvgIpc) is 3.21. The van der Waals surface area contributed by atoms with Gasteiger partial charge in [0.1, 0.15) is 11.4 Å². The van der Waals surface area contributed by atoms with E-state index in [-0.39, 0.29) is 29.6 Å². The summed E-state index contributed by atoms with van der Waals surface area (Å²) in [5.74, 6) is -2.78. The third kappa shape index (κ3) is 6.96. The maximum atomic E-state index is 15.3. The summed E-state index contributed by atoms with van der Waals surface area (Å²) in [6.07, 6.45) is 4.51. The minimum atomic E-state index is -1.02. The summed E-state index contributed by atoms with van der Waals surface area (Å²) >= 11 is 0. The van der Waals surface area contributed by atoms with Gasteiger partial charge in [-0.1, -0.05) is 30.4 Å². The zero-order valence-corrected chi connectivity index (χ0v) is 25.2. The maximum Gasteiger partial charge on any atom is 0.280 e. The molecule has 0 unspecified atom stereocenters. The Bertz CT molecular complexity index is 1960. The Morgan fingerprint density at radius 1 is 1.00 bits per heavy atom. The summed E-state index contributed by atoms with van der Waals surface area (Å²) in [6.45, 7) is 2.42. The van der Waals surface area contributed by atoms with Crippen molar-refractivity contribution in [2.75, 3.05) is 26.0 Å². The lowest BCUT2D eigenvalue weighted by Gasteiger charge is -2.11.